The van der Waals surface area contributed by atoms with Gasteiger partial charge in [-0.15, -0.1) is 24.8 Å². The highest BCUT2D eigenvalue weighted by molar-refractivity contribution is 6.03. The van der Waals surface area contributed by atoms with Crippen LogP contribution in [0.4, 0.5) is 0 Å². The Morgan fingerprint density at radius 3 is 1.53 bits per heavy atom. The van der Waals surface area contributed by atoms with Crippen LogP contribution in [0.5, 0.6) is 0 Å². The van der Waals surface area contributed by atoms with Crippen LogP contribution in [-0.2, 0) is 12.8 Å². The summed E-state index contributed by atoms with van der Waals surface area (Å²) in [4.78, 5) is 9.00. The van der Waals surface area contributed by atoms with E-state index in [1.807, 2.05) is 12.1 Å². The molecule has 32 heavy (non-hydrogen) atoms. The molecule has 0 amide bonds. The van der Waals surface area contributed by atoms with Gasteiger partial charge in [-0.05, 0) is 48.5 Å². The Hall–Kier alpha value is -2.96. The third kappa shape index (κ3) is 4.20. The van der Waals surface area contributed by atoms with E-state index in [9.17, 15) is 0 Å². The number of halogens is 2. The fraction of sp³-hybridized carbons (Fsp3) is 0.250. The molecule has 0 fully saturated rings. The second-order valence-corrected chi connectivity index (χ2v) is 7.74. The molecule has 0 saturated heterocycles. The number of fused-ring (bicyclic) bond motifs is 2. The first-order chi connectivity index (χ1) is 14.8. The van der Waals surface area contributed by atoms with Crippen molar-refractivity contribution in [3.05, 3.63) is 71.2 Å². The lowest BCUT2D eigenvalue weighted by Crippen LogP contribution is -2.19. The first kappa shape index (κ1) is 22.2. The number of aliphatic imine (C=N–C) groups is 2. The van der Waals surface area contributed by atoms with Crippen LogP contribution >= 0.6 is 24.8 Å². The molecule has 0 saturated carbocycles. The van der Waals surface area contributed by atoms with E-state index >= 15 is 0 Å². The van der Waals surface area contributed by atoms with Crippen molar-refractivity contribution in [3.63, 3.8) is 0 Å². The molecule has 2 aliphatic heterocycles. The second-order valence-electron chi connectivity index (χ2n) is 7.74. The molecule has 2 aromatic carbocycles. The van der Waals surface area contributed by atoms with Gasteiger partial charge in [0.25, 0.3) is 0 Å². The third-order valence-corrected chi connectivity index (χ3v) is 5.65. The number of nitrogens with zero attached hydrogens (tertiary/aromatic N) is 2. The zero-order valence-corrected chi connectivity index (χ0v) is 19.0. The van der Waals surface area contributed by atoms with Gasteiger partial charge in [-0.3, -0.25) is 9.98 Å². The highest BCUT2D eigenvalue weighted by Gasteiger charge is 2.13. The molecule has 166 valence electrons. The zero-order chi connectivity index (χ0) is 19.9. The number of benzene rings is 2. The minimum absolute atomic E-state index is 0. The lowest BCUT2D eigenvalue weighted by atomic mass is 10.1. The minimum atomic E-state index is 0. The predicted molar refractivity (Wildman–Crippen MR) is 133 cm³/mol. The molecule has 0 atom stereocenters. The Morgan fingerprint density at radius 1 is 0.656 bits per heavy atom. The summed E-state index contributed by atoms with van der Waals surface area (Å²) in [5, 5.41) is 8.86. The summed E-state index contributed by atoms with van der Waals surface area (Å²) < 4.78 is 12.1. The monoisotopic (exact) mass is 470 g/mol. The molecule has 0 unspecified atom stereocenters. The number of furan rings is 2. The molecule has 6 nitrogen and oxygen atoms in total. The van der Waals surface area contributed by atoms with Crippen LogP contribution in [0.1, 0.15) is 22.6 Å². The van der Waals surface area contributed by atoms with Crippen molar-refractivity contribution in [1.82, 2.24) is 10.6 Å². The maximum Gasteiger partial charge on any atom is 0.134 e. The van der Waals surface area contributed by atoms with E-state index in [2.05, 4.69) is 57.0 Å². The average molecular weight is 471 g/mol. The van der Waals surface area contributed by atoms with Crippen molar-refractivity contribution >= 4 is 58.4 Å². The minimum Gasteiger partial charge on any atom is -0.461 e. The van der Waals surface area contributed by atoms with Crippen LogP contribution in [0, 0.1) is 0 Å². The van der Waals surface area contributed by atoms with E-state index in [0.29, 0.717) is 0 Å². The smallest absolute Gasteiger partial charge is 0.134 e. The van der Waals surface area contributed by atoms with E-state index in [0.717, 1.165) is 95.3 Å². The van der Waals surface area contributed by atoms with Gasteiger partial charge in [-0.25, -0.2) is 0 Å². The van der Waals surface area contributed by atoms with Crippen molar-refractivity contribution in [2.75, 3.05) is 26.2 Å². The van der Waals surface area contributed by atoms with Gasteiger partial charge in [0.15, 0.2) is 0 Å². The number of hydrogen-bond acceptors (Lipinski definition) is 6. The van der Waals surface area contributed by atoms with Crippen LogP contribution in [-0.4, -0.2) is 37.9 Å². The number of amidine groups is 2. The van der Waals surface area contributed by atoms with Gasteiger partial charge >= 0.3 is 0 Å². The van der Waals surface area contributed by atoms with Crippen LogP contribution in [0.15, 0.2) is 67.4 Å². The highest BCUT2D eigenvalue weighted by atomic mass is 35.5. The maximum absolute atomic E-state index is 6.04. The summed E-state index contributed by atoms with van der Waals surface area (Å²) in [5.74, 6) is 3.88. The number of rotatable bonds is 5. The summed E-state index contributed by atoms with van der Waals surface area (Å²) in [7, 11) is 0. The average Bonchev–Trinajstić information content (AvgIpc) is 3.56. The Balaban J connectivity index is 0.00000122. The van der Waals surface area contributed by atoms with Gasteiger partial charge in [0.05, 0.1) is 13.1 Å². The quantitative estimate of drug-likeness (QED) is 0.449. The summed E-state index contributed by atoms with van der Waals surface area (Å²) >= 11 is 0. The van der Waals surface area contributed by atoms with Crippen LogP contribution in [0.25, 0.3) is 21.9 Å². The lowest BCUT2D eigenvalue weighted by Gasteiger charge is -2.01. The standard InChI is InChI=1S/C24H22N4O2.2ClH/c1-5-21-17(11-15(1)23-25-7-8-26-23)13-19(29-21)3-4-20-14-18-12-16(2-6-22(18)30-20)24-27-9-10-28-24;;/h1-2,5-6,11-14H,3-4,7-10H2,(H,25,26)(H,27,28);2*1H. The first-order valence-corrected chi connectivity index (χ1v) is 10.4. The Bertz CT molecular complexity index is 1220. The third-order valence-electron chi connectivity index (χ3n) is 5.65. The molecule has 0 aliphatic carbocycles. The van der Waals surface area contributed by atoms with E-state index in [4.69, 9.17) is 8.83 Å². The summed E-state index contributed by atoms with van der Waals surface area (Å²) in [6.45, 7) is 3.50. The number of nitrogens with one attached hydrogen (secondary N) is 2. The van der Waals surface area contributed by atoms with Gasteiger partial charge in [-0.2, -0.15) is 0 Å². The summed E-state index contributed by atoms with van der Waals surface area (Å²) in [6.07, 6.45) is 1.59. The molecule has 2 N–H and O–H groups in total. The summed E-state index contributed by atoms with van der Waals surface area (Å²) in [6, 6.07) is 16.7. The largest absolute Gasteiger partial charge is 0.461 e. The molecule has 0 bridgehead atoms. The van der Waals surface area contributed by atoms with Crippen LogP contribution in [0.2, 0.25) is 0 Å². The van der Waals surface area contributed by atoms with Gasteiger partial charge in [0, 0.05) is 47.8 Å². The molecule has 4 aromatic rings. The fourth-order valence-corrected chi connectivity index (χ4v) is 4.17. The molecule has 2 aliphatic rings. The molecule has 2 aromatic heterocycles. The second kappa shape index (κ2) is 9.27. The van der Waals surface area contributed by atoms with Crippen molar-refractivity contribution < 1.29 is 8.83 Å². The molecule has 8 heteroatoms. The Kier molecular flexibility index (Phi) is 6.44. The normalized spacial score (nSPS) is 15.0. The maximum atomic E-state index is 6.04. The molecule has 0 spiro atoms. The van der Waals surface area contributed by atoms with Crippen LogP contribution < -0.4 is 10.6 Å². The highest BCUT2D eigenvalue weighted by Crippen LogP contribution is 2.25. The van der Waals surface area contributed by atoms with Crippen molar-refractivity contribution in [1.29, 1.82) is 0 Å². The van der Waals surface area contributed by atoms with E-state index in [1.54, 1.807) is 0 Å². The predicted octanol–water partition coefficient (Wildman–Crippen LogP) is 4.51. The van der Waals surface area contributed by atoms with Gasteiger partial charge in [0.1, 0.15) is 34.4 Å². The zero-order valence-electron chi connectivity index (χ0n) is 17.4. The summed E-state index contributed by atoms with van der Waals surface area (Å²) in [5.41, 5.74) is 4.04. The number of hydrogen-bond donors (Lipinski definition) is 2. The molecular weight excluding hydrogens is 447 g/mol. The SMILES string of the molecule is Cl.Cl.c1cc2oc(CCc3cc4cc(C5=NCCN5)ccc4o3)cc2cc1C1=NCCN1. The topological polar surface area (TPSA) is 75.1 Å². The van der Waals surface area contributed by atoms with Gasteiger partial charge in [0.2, 0.25) is 0 Å². The Morgan fingerprint density at radius 2 is 1.12 bits per heavy atom. The van der Waals surface area contributed by atoms with Crippen molar-refractivity contribution in [2.45, 2.75) is 12.8 Å². The molecule has 0 radical (unpaired) electrons. The van der Waals surface area contributed by atoms with Crippen molar-refractivity contribution in [3.8, 4) is 0 Å². The van der Waals surface area contributed by atoms with E-state index < -0.39 is 0 Å². The van der Waals surface area contributed by atoms with E-state index in [-0.39, 0.29) is 24.8 Å². The first-order valence-electron chi connectivity index (χ1n) is 10.4. The number of aryl methyl sites for hydroxylation is 2. The van der Waals surface area contributed by atoms with Crippen LogP contribution in [0.3, 0.4) is 0 Å². The van der Waals surface area contributed by atoms with Gasteiger partial charge in [-0.1, -0.05) is 0 Å². The molecule has 4 heterocycles. The lowest BCUT2D eigenvalue weighted by molar-refractivity contribution is 0.510. The fourth-order valence-electron chi connectivity index (χ4n) is 4.17. The van der Waals surface area contributed by atoms with E-state index in [1.165, 1.54) is 0 Å². The van der Waals surface area contributed by atoms with Crippen molar-refractivity contribution in [2.24, 2.45) is 9.98 Å². The molecular formula is C24H24Cl2N4O2. The molecule has 6 rings (SSSR count). The Labute approximate surface area is 198 Å². The van der Waals surface area contributed by atoms with Gasteiger partial charge < -0.3 is 19.5 Å².